The van der Waals surface area contributed by atoms with Gasteiger partial charge in [-0.05, 0) is 45.3 Å². The lowest BCUT2D eigenvalue weighted by Crippen LogP contribution is -2.41. The molecule has 0 bridgehead atoms. The van der Waals surface area contributed by atoms with Crippen LogP contribution in [0, 0.1) is 11.6 Å². The van der Waals surface area contributed by atoms with Crippen LogP contribution in [0.15, 0.2) is 22.1 Å². The summed E-state index contributed by atoms with van der Waals surface area (Å²) < 4.78 is 40.5. The van der Waals surface area contributed by atoms with Crippen molar-refractivity contribution in [2.45, 2.75) is 45.8 Å². The van der Waals surface area contributed by atoms with Gasteiger partial charge >= 0.3 is 7.12 Å². The molecule has 0 aliphatic carbocycles. The van der Waals surface area contributed by atoms with Crippen molar-refractivity contribution in [2.24, 2.45) is 0 Å². The number of carbonyl (C=O) groups is 1. The number of halogens is 3. The third-order valence-electron chi connectivity index (χ3n) is 4.47. The number of hydrogen-bond donors (Lipinski definition) is 1. The van der Waals surface area contributed by atoms with Gasteiger partial charge in [0.1, 0.15) is 11.6 Å². The third-order valence-corrected chi connectivity index (χ3v) is 4.93. The molecule has 1 N–H and O–H groups in total. The highest BCUT2D eigenvalue weighted by Gasteiger charge is 2.52. The van der Waals surface area contributed by atoms with E-state index in [1.54, 1.807) is 0 Å². The molecule has 0 spiro atoms. The summed E-state index contributed by atoms with van der Waals surface area (Å²) in [5.41, 5.74) is -1.000. The maximum absolute atomic E-state index is 14.2. The number of rotatable bonds is 4. The van der Waals surface area contributed by atoms with Gasteiger partial charge in [0.05, 0.1) is 11.2 Å². The van der Waals surface area contributed by atoms with Gasteiger partial charge in [-0.15, -0.1) is 0 Å². The minimum atomic E-state index is -0.820. The molecule has 2 rings (SSSR count). The van der Waals surface area contributed by atoms with Gasteiger partial charge in [-0.1, -0.05) is 22.0 Å². The molecule has 0 unspecified atom stereocenters. The Morgan fingerprint density at radius 1 is 1.20 bits per heavy atom. The van der Waals surface area contributed by atoms with Crippen LogP contribution < -0.4 is 5.32 Å². The van der Waals surface area contributed by atoms with Crippen LogP contribution in [0.5, 0.6) is 0 Å². The molecular weight excluding hydrogens is 395 g/mol. The number of carbonyl (C=O) groups excluding carboxylic acids is 1. The van der Waals surface area contributed by atoms with Crippen LogP contribution in [0.2, 0.25) is 0 Å². The van der Waals surface area contributed by atoms with E-state index in [-0.39, 0.29) is 18.0 Å². The highest BCUT2D eigenvalue weighted by molar-refractivity contribution is 9.10. The SMILES string of the molecule is CC(=O)NCC(=Cc1c(F)cc(Br)cc1F)B1OC(C)(C)C(C)(C)O1. The average molecular weight is 416 g/mol. The zero-order valence-electron chi connectivity index (χ0n) is 14.9. The fraction of sp³-hybridized carbons (Fsp3) is 0.471. The topological polar surface area (TPSA) is 47.6 Å². The third kappa shape index (κ3) is 4.48. The van der Waals surface area contributed by atoms with Gasteiger partial charge in [0.25, 0.3) is 0 Å². The summed E-state index contributed by atoms with van der Waals surface area (Å²) in [6.07, 6.45) is 1.33. The summed E-state index contributed by atoms with van der Waals surface area (Å²) in [5.74, 6) is -1.70. The van der Waals surface area contributed by atoms with Gasteiger partial charge in [-0.3, -0.25) is 4.79 Å². The summed E-state index contributed by atoms with van der Waals surface area (Å²) in [6.45, 7) is 8.94. The van der Waals surface area contributed by atoms with Crippen LogP contribution in [-0.2, 0) is 14.1 Å². The molecule has 1 heterocycles. The Balaban J connectivity index is 2.42. The van der Waals surface area contributed by atoms with E-state index in [9.17, 15) is 13.6 Å². The summed E-state index contributed by atoms with van der Waals surface area (Å²) in [7, 11) is -0.820. The van der Waals surface area contributed by atoms with Crippen molar-refractivity contribution in [1.82, 2.24) is 5.32 Å². The Morgan fingerprint density at radius 3 is 2.12 bits per heavy atom. The van der Waals surface area contributed by atoms with E-state index in [2.05, 4.69) is 21.2 Å². The van der Waals surface area contributed by atoms with Crippen molar-refractivity contribution in [3.05, 3.63) is 39.3 Å². The largest absolute Gasteiger partial charge is 0.492 e. The Bertz CT molecular complexity index is 683. The average Bonchev–Trinajstić information content (AvgIpc) is 2.65. The number of amides is 1. The summed E-state index contributed by atoms with van der Waals surface area (Å²) >= 11 is 3.05. The zero-order valence-corrected chi connectivity index (χ0v) is 16.5. The number of benzene rings is 1. The summed E-state index contributed by atoms with van der Waals surface area (Å²) in [4.78, 5) is 11.3. The Labute approximate surface area is 155 Å². The van der Waals surface area contributed by atoms with Gasteiger partial charge in [-0.25, -0.2) is 8.78 Å². The molecule has 1 saturated heterocycles. The molecule has 4 nitrogen and oxygen atoms in total. The standard InChI is InChI=1S/C17H21BBrF2NO3/c1-10(23)22-9-11(18-24-16(2,3)17(4,5)25-18)6-13-14(20)7-12(19)8-15(13)21/h6-8H,9H2,1-5H3,(H,22,23). The Kier molecular flexibility index (Phi) is 5.76. The first-order chi connectivity index (χ1) is 11.4. The van der Waals surface area contributed by atoms with Crippen LogP contribution in [0.25, 0.3) is 6.08 Å². The van der Waals surface area contributed by atoms with Crippen LogP contribution in [-0.4, -0.2) is 30.8 Å². The molecular formula is C17H21BBrF2NO3. The van der Waals surface area contributed by atoms with E-state index >= 15 is 0 Å². The van der Waals surface area contributed by atoms with Crippen molar-refractivity contribution < 1.29 is 22.9 Å². The number of hydrogen-bond acceptors (Lipinski definition) is 3. The quantitative estimate of drug-likeness (QED) is 0.759. The van der Waals surface area contributed by atoms with Gasteiger partial charge in [0, 0.05) is 23.5 Å². The van der Waals surface area contributed by atoms with Crippen LogP contribution in [0.4, 0.5) is 8.78 Å². The first-order valence-electron chi connectivity index (χ1n) is 7.88. The lowest BCUT2D eigenvalue weighted by atomic mass is 9.77. The van der Waals surface area contributed by atoms with Crippen molar-refractivity contribution in [1.29, 1.82) is 0 Å². The maximum Gasteiger partial charge on any atom is 0.492 e. The highest BCUT2D eigenvalue weighted by atomic mass is 79.9. The molecule has 1 aromatic carbocycles. The molecule has 0 atom stereocenters. The van der Waals surface area contributed by atoms with E-state index in [0.29, 0.717) is 9.95 Å². The second-order valence-corrected chi connectivity index (χ2v) is 7.92. The molecule has 0 saturated carbocycles. The van der Waals surface area contributed by atoms with Gasteiger partial charge in [0.15, 0.2) is 0 Å². The molecule has 1 aliphatic heterocycles. The summed E-state index contributed by atoms with van der Waals surface area (Å²) in [5, 5.41) is 2.63. The monoisotopic (exact) mass is 415 g/mol. The molecule has 1 aromatic rings. The van der Waals surface area contributed by atoms with Gasteiger partial charge in [-0.2, -0.15) is 0 Å². The van der Waals surface area contributed by atoms with Crippen LogP contribution in [0.1, 0.15) is 40.2 Å². The van der Waals surface area contributed by atoms with E-state index in [4.69, 9.17) is 9.31 Å². The minimum absolute atomic E-state index is 0.0567. The minimum Gasteiger partial charge on any atom is -0.400 e. The molecule has 25 heavy (non-hydrogen) atoms. The lowest BCUT2D eigenvalue weighted by molar-refractivity contribution is -0.118. The van der Waals surface area contributed by atoms with Crippen molar-refractivity contribution >= 4 is 35.0 Å². The molecule has 1 aliphatic rings. The van der Waals surface area contributed by atoms with Gasteiger partial charge in [0.2, 0.25) is 5.91 Å². The predicted octanol–water partition coefficient (Wildman–Crippen LogP) is 3.88. The smallest absolute Gasteiger partial charge is 0.400 e. The lowest BCUT2D eigenvalue weighted by Gasteiger charge is -2.32. The Hall–Kier alpha value is -1.25. The van der Waals surface area contributed by atoms with E-state index in [1.165, 1.54) is 25.1 Å². The van der Waals surface area contributed by atoms with Crippen LogP contribution in [0.3, 0.4) is 0 Å². The fourth-order valence-corrected chi connectivity index (χ4v) is 2.70. The first-order valence-corrected chi connectivity index (χ1v) is 8.67. The number of nitrogens with one attached hydrogen (secondary N) is 1. The van der Waals surface area contributed by atoms with Crippen molar-refractivity contribution in [3.63, 3.8) is 0 Å². The Morgan fingerprint density at radius 2 is 1.68 bits per heavy atom. The van der Waals surface area contributed by atoms with E-state index in [0.717, 1.165) is 0 Å². The van der Waals surface area contributed by atoms with Crippen LogP contribution >= 0.6 is 15.9 Å². The van der Waals surface area contributed by atoms with Crippen molar-refractivity contribution in [2.75, 3.05) is 6.54 Å². The normalized spacial score (nSPS) is 19.2. The molecule has 136 valence electrons. The second-order valence-electron chi connectivity index (χ2n) is 7.00. The maximum atomic E-state index is 14.2. The van der Waals surface area contributed by atoms with E-state index < -0.39 is 30.0 Å². The molecule has 0 aromatic heterocycles. The first kappa shape index (κ1) is 20.1. The predicted molar refractivity (Wildman–Crippen MR) is 96.8 cm³/mol. The summed E-state index contributed by atoms with van der Waals surface area (Å²) in [6, 6.07) is 2.35. The molecule has 0 radical (unpaired) electrons. The van der Waals surface area contributed by atoms with Gasteiger partial charge < -0.3 is 14.6 Å². The van der Waals surface area contributed by atoms with Crippen molar-refractivity contribution in [3.8, 4) is 0 Å². The molecule has 1 amide bonds. The fourth-order valence-electron chi connectivity index (χ4n) is 2.30. The zero-order chi connectivity index (χ0) is 19.0. The van der Waals surface area contributed by atoms with E-state index in [1.807, 2.05) is 27.7 Å². The molecule has 8 heteroatoms. The molecule has 1 fully saturated rings. The second kappa shape index (κ2) is 7.17. The highest BCUT2D eigenvalue weighted by Crippen LogP contribution is 2.39.